The van der Waals surface area contributed by atoms with Crippen molar-refractivity contribution in [3.05, 3.63) is 60.4 Å². The van der Waals surface area contributed by atoms with Crippen LogP contribution < -0.4 is 4.72 Å². The Labute approximate surface area is 146 Å². The van der Waals surface area contributed by atoms with Crippen LogP contribution in [0.1, 0.15) is 31.7 Å². The van der Waals surface area contributed by atoms with Crippen molar-refractivity contribution >= 4 is 15.7 Å². The molecular weight excluding hydrogens is 338 g/mol. The fourth-order valence-electron chi connectivity index (χ4n) is 2.39. The zero-order chi connectivity index (χ0) is 17.9. The van der Waals surface area contributed by atoms with Crippen LogP contribution in [-0.2, 0) is 10.0 Å². The molecule has 0 saturated heterocycles. The molecule has 1 heterocycles. The number of aromatic nitrogens is 4. The Balaban J connectivity index is 1.77. The number of hydrogen-bond acceptors (Lipinski definition) is 5. The van der Waals surface area contributed by atoms with Gasteiger partial charge in [-0.15, -0.1) is 5.10 Å². The van der Waals surface area contributed by atoms with E-state index in [9.17, 15) is 8.42 Å². The van der Waals surface area contributed by atoms with Gasteiger partial charge in [0.05, 0.1) is 10.6 Å². The highest BCUT2D eigenvalue weighted by Crippen LogP contribution is 2.22. The number of nitrogens with one attached hydrogen (secondary N) is 1. The van der Waals surface area contributed by atoms with Crippen molar-refractivity contribution in [1.29, 1.82) is 0 Å². The molecule has 130 valence electrons. The highest BCUT2D eigenvalue weighted by atomic mass is 32.2. The summed E-state index contributed by atoms with van der Waals surface area (Å²) in [5.74, 6) is 0.406. The van der Waals surface area contributed by atoms with Gasteiger partial charge < -0.3 is 0 Å². The van der Waals surface area contributed by atoms with Crippen LogP contribution in [0.4, 0.5) is 5.69 Å². The van der Waals surface area contributed by atoms with Crippen LogP contribution in [0, 0.1) is 0 Å². The average molecular weight is 357 g/mol. The Morgan fingerprint density at radius 3 is 2.32 bits per heavy atom. The number of nitrogens with zero attached hydrogens (tertiary/aromatic N) is 4. The molecule has 7 nitrogen and oxygen atoms in total. The summed E-state index contributed by atoms with van der Waals surface area (Å²) in [7, 11) is -3.63. The van der Waals surface area contributed by atoms with Gasteiger partial charge in [0, 0.05) is 5.69 Å². The maximum Gasteiger partial charge on any atom is 0.261 e. The summed E-state index contributed by atoms with van der Waals surface area (Å²) < 4.78 is 29.1. The second-order valence-electron chi connectivity index (χ2n) is 5.79. The van der Waals surface area contributed by atoms with Gasteiger partial charge in [-0.1, -0.05) is 26.0 Å². The van der Waals surface area contributed by atoms with Crippen LogP contribution in [0.25, 0.3) is 5.69 Å². The molecule has 3 aromatic rings. The lowest BCUT2D eigenvalue weighted by atomic mass is 9.99. The van der Waals surface area contributed by atoms with E-state index in [1.54, 1.807) is 36.4 Å². The van der Waals surface area contributed by atoms with E-state index in [-0.39, 0.29) is 4.90 Å². The topological polar surface area (TPSA) is 89.8 Å². The van der Waals surface area contributed by atoms with E-state index >= 15 is 0 Å². The molecule has 2 aromatic carbocycles. The number of tetrazole rings is 1. The van der Waals surface area contributed by atoms with Crippen molar-refractivity contribution < 1.29 is 8.42 Å². The average Bonchev–Trinajstić information content (AvgIpc) is 3.16. The summed E-state index contributed by atoms with van der Waals surface area (Å²) in [5, 5.41) is 10.9. The van der Waals surface area contributed by atoms with E-state index in [1.165, 1.54) is 11.0 Å². The quantitative estimate of drug-likeness (QED) is 0.732. The Kier molecular flexibility index (Phi) is 4.80. The maximum atomic E-state index is 12.5. The molecule has 1 atom stereocenters. The zero-order valence-electron chi connectivity index (χ0n) is 14.0. The standard InChI is InChI=1S/C17H19N5O2S/c1-3-13(2)14-4-10-17(11-5-14)25(23,24)19-15-6-8-16(9-7-15)22-12-18-20-21-22/h4-13,19H,3H2,1-2H3. The summed E-state index contributed by atoms with van der Waals surface area (Å²) in [5.41, 5.74) is 2.35. The van der Waals surface area contributed by atoms with Gasteiger partial charge in [0.2, 0.25) is 0 Å². The minimum Gasteiger partial charge on any atom is -0.280 e. The molecule has 0 saturated carbocycles. The first-order chi connectivity index (χ1) is 12.0. The van der Waals surface area contributed by atoms with Crippen molar-refractivity contribution in [1.82, 2.24) is 20.2 Å². The molecule has 0 bridgehead atoms. The SMILES string of the molecule is CCC(C)c1ccc(S(=O)(=O)Nc2ccc(-n3cnnn3)cc2)cc1. The van der Waals surface area contributed by atoms with Crippen LogP contribution in [-0.4, -0.2) is 28.6 Å². The van der Waals surface area contributed by atoms with E-state index < -0.39 is 10.0 Å². The van der Waals surface area contributed by atoms with Crippen LogP contribution in [0.3, 0.4) is 0 Å². The minimum absolute atomic E-state index is 0.240. The van der Waals surface area contributed by atoms with Crippen molar-refractivity contribution in [3.8, 4) is 5.69 Å². The number of sulfonamides is 1. The van der Waals surface area contributed by atoms with Gasteiger partial charge in [-0.3, -0.25) is 4.72 Å². The van der Waals surface area contributed by atoms with Gasteiger partial charge >= 0.3 is 0 Å². The maximum absolute atomic E-state index is 12.5. The van der Waals surface area contributed by atoms with Crippen LogP contribution in [0.15, 0.2) is 59.8 Å². The first-order valence-electron chi connectivity index (χ1n) is 7.96. The normalized spacial score (nSPS) is 12.7. The fraction of sp³-hybridized carbons (Fsp3) is 0.235. The lowest BCUT2D eigenvalue weighted by Gasteiger charge is -2.11. The van der Waals surface area contributed by atoms with Gasteiger partial charge in [-0.25, -0.2) is 13.1 Å². The monoisotopic (exact) mass is 357 g/mol. The molecule has 0 aliphatic rings. The number of rotatable bonds is 6. The van der Waals surface area contributed by atoms with Crippen LogP contribution >= 0.6 is 0 Å². The van der Waals surface area contributed by atoms with Gasteiger partial charge in [-0.2, -0.15) is 0 Å². The molecule has 8 heteroatoms. The van der Waals surface area contributed by atoms with Gasteiger partial charge in [0.25, 0.3) is 10.0 Å². The smallest absolute Gasteiger partial charge is 0.261 e. The van der Waals surface area contributed by atoms with E-state index in [1.807, 2.05) is 12.1 Å². The number of benzene rings is 2. The van der Waals surface area contributed by atoms with Crippen molar-refractivity contribution in [2.45, 2.75) is 31.1 Å². The fourth-order valence-corrected chi connectivity index (χ4v) is 3.45. The van der Waals surface area contributed by atoms with Gasteiger partial charge in [-0.05, 0) is 64.7 Å². The lowest BCUT2D eigenvalue weighted by Crippen LogP contribution is -2.13. The van der Waals surface area contributed by atoms with Crippen molar-refractivity contribution in [2.75, 3.05) is 4.72 Å². The molecule has 1 aromatic heterocycles. The third-order valence-corrected chi connectivity index (χ3v) is 5.50. The Morgan fingerprint density at radius 2 is 1.76 bits per heavy atom. The highest BCUT2D eigenvalue weighted by Gasteiger charge is 2.15. The largest absolute Gasteiger partial charge is 0.280 e. The Hall–Kier alpha value is -2.74. The first-order valence-corrected chi connectivity index (χ1v) is 9.44. The molecule has 0 aliphatic carbocycles. The molecule has 25 heavy (non-hydrogen) atoms. The van der Waals surface area contributed by atoms with E-state index in [0.29, 0.717) is 11.6 Å². The Bertz CT molecular complexity index is 920. The lowest BCUT2D eigenvalue weighted by molar-refractivity contribution is 0.601. The minimum atomic E-state index is -3.63. The highest BCUT2D eigenvalue weighted by molar-refractivity contribution is 7.92. The molecule has 0 fully saturated rings. The third-order valence-electron chi connectivity index (χ3n) is 4.10. The zero-order valence-corrected chi connectivity index (χ0v) is 14.8. The van der Waals surface area contributed by atoms with Gasteiger partial charge in [0.1, 0.15) is 6.33 Å². The summed E-state index contributed by atoms with van der Waals surface area (Å²) >= 11 is 0. The molecule has 0 radical (unpaired) electrons. The van der Waals surface area contributed by atoms with E-state index in [4.69, 9.17) is 0 Å². The summed E-state index contributed by atoms with van der Waals surface area (Å²) in [6, 6.07) is 13.8. The molecule has 1 unspecified atom stereocenters. The second-order valence-corrected chi connectivity index (χ2v) is 7.47. The van der Waals surface area contributed by atoms with E-state index in [2.05, 4.69) is 34.1 Å². The first kappa shape index (κ1) is 17.1. The van der Waals surface area contributed by atoms with Crippen LogP contribution in [0.2, 0.25) is 0 Å². The molecular formula is C17H19N5O2S. The van der Waals surface area contributed by atoms with Gasteiger partial charge in [0.15, 0.2) is 0 Å². The van der Waals surface area contributed by atoms with E-state index in [0.717, 1.165) is 17.7 Å². The molecule has 0 spiro atoms. The summed E-state index contributed by atoms with van der Waals surface area (Å²) in [4.78, 5) is 0.240. The third kappa shape index (κ3) is 3.85. The Morgan fingerprint density at radius 1 is 1.08 bits per heavy atom. The number of anilines is 1. The second kappa shape index (κ2) is 7.02. The predicted molar refractivity (Wildman–Crippen MR) is 95.1 cm³/mol. The summed E-state index contributed by atoms with van der Waals surface area (Å²) in [6.45, 7) is 4.23. The molecule has 3 rings (SSSR count). The molecule has 0 aliphatic heterocycles. The molecule has 0 amide bonds. The molecule has 1 N–H and O–H groups in total. The number of hydrogen-bond donors (Lipinski definition) is 1. The van der Waals surface area contributed by atoms with Crippen molar-refractivity contribution in [3.63, 3.8) is 0 Å². The predicted octanol–water partition coefficient (Wildman–Crippen LogP) is 2.98. The van der Waals surface area contributed by atoms with Crippen LogP contribution in [0.5, 0.6) is 0 Å². The summed E-state index contributed by atoms with van der Waals surface area (Å²) in [6.07, 6.45) is 2.48. The van der Waals surface area contributed by atoms with Crippen molar-refractivity contribution in [2.24, 2.45) is 0 Å².